The van der Waals surface area contributed by atoms with Crippen LogP contribution < -0.4 is 14.2 Å². The Morgan fingerprint density at radius 3 is 2.52 bits per heavy atom. The van der Waals surface area contributed by atoms with Gasteiger partial charge in [0.25, 0.3) is 0 Å². The Balaban J connectivity index is 1.84. The minimum atomic E-state index is -3.66. The molecular formula is C16H18N2O4S. The van der Waals surface area contributed by atoms with E-state index in [-0.39, 0.29) is 10.9 Å². The second-order valence-electron chi connectivity index (χ2n) is 5.28. The van der Waals surface area contributed by atoms with E-state index in [0.29, 0.717) is 24.7 Å². The molecule has 2 aromatic rings. The van der Waals surface area contributed by atoms with Crippen molar-refractivity contribution >= 4 is 10.0 Å². The lowest BCUT2D eigenvalue weighted by molar-refractivity contribution is 0.297. The lowest BCUT2D eigenvalue weighted by Crippen LogP contribution is -2.26. The van der Waals surface area contributed by atoms with Crippen LogP contribution in [0.15, 0.2) is 47.6 Å². The number of hydrogen-bond donors (Lipinski definition) is 1. The number of aromatic nitrogens is 1. The first-order chi connectivity index (χ1) is 11.1. The molecule has 0 fully saturated rings. The van der Waals surface area contributed by atoms with E-state index < -0.39 is 10.0 Å². The van der Waals surface area contributed by atoms with Crippen molar-refractivity contribution in [3.63, 3.8) is 0 Å². The summed E-state index contributed by atoms with van der Waals surface area (Å²) in [6.07, 6.45) is 4.04. The van der Waals surface area contributed by atoms with Crippen LogP contribution >= 0.6 is 0 Å². The van der Waals surface area contributed by atoms with Crippen molar-refractivity contribution in [2.75, 3.05) is 13.2 Å². The summed E-state index contributed by atoms with van der Waals surface area (Å²) >= 11 is 0. The van der Waals surface area contributed by atoms with Gasteiger partial charge in [0, 0.05) is 30.9 Å². The molecule has 3 rings (SSSR count). The van der Waals surface area contributed by atoms with Gasteiger partial charge < -0.3 is 9.47 Å². The number of nitrogens with one attached hydrogen (secondary N) is 1. The van der Waals surface area contributed by atoms with E-state index in [1.54, 1.807) is 37.5 Å². The van der Waals surface area contributed by atoms with Crippen molar-refractivity contribution in [3.8, 4) is 11.5 Å². The van der Waals surface area contributed by atoms with Crippen LogP contribution in [0.5, 0.6) is 11.5 Å². The highest BCUT2D eigenvalue weighted by molar-refractivity contribution is 7.89. The van der Waals surface area contributed by atoms with Crippen LogP contribution in [0.25, 0.3) is 0 Å². The topological polar surface area (TPSA) is 77.5 Å². The first-order valence-corrected chi connectivity index (χ1v) is 8.86. The molecule has 0 amide bonds. The Morgan fingerprint density at radius 1 is 1.09 bits per heavy atom. The SMILES string of the molecule is C[C@@H](NS(=O)(=O)c1ccc2c(c1)OCCCO2)c1ccncc1. The van der Waals surface area contributed by atoms with Crippen molar-refractivity contribution < 1.29 is 17.9 Å². The van der Waals surface area contributed by atoms with Crippen LogP contribution in [-0.2, 0) is 10.0 Å². The molecule has 6 nitrogen and oxygen atoms in total. The standard InChI is InChI=1S/C16H18N2O4S/c1-12(13-5-7-17-8-6-13)18-23(19,20)14-3-4-15-16(11-14)22-10-2-9-21-15/h3-8,11-12,18H,2,9-10H2,1H3/t12-/m1/s1. The predicted octanol–water partition coefficient (Wildman–Crippen LogP) is 2.28. The Bertz CT molecular complexity index is 778. The van der Waals surface area contributed by atoms with E-state index >= 15 is 0 Å². The molecule has 122 valence electrons. The third kappa shape index (κ3) is 3.62. The van der Waals surface area contributed by atoms with E-state index in [9.17, 15) is 8.42 Å². The number of hydrogen-bond acceptors (Lipinski definition) is 5. The molecule has 0 aliphatic carbocycles. The highest BCUT2D eigenvalue weighted by Gasteiger charge is 2.21. The lowest BCUT2D eigenvalue weighted by atomic mass is 10.1. The maximum absolute atomic E-state index is 12.6. The summed E-state index contributed by atoms with van der Waals surface area (Å²) in [6, 6.07) is 7.85. The number of sulfonamides is 1. The van der Waals surface area contributed by atoms with Gasteiger partial charge in [0.2, 0.25) is 10.0 Å². The molecule has 0 saturated carbocycles. The zero-order chi connectivity index (χ0) is 16.3. The highest BCUT2D eigenvalue weighted by Crippen LogP contribution is 2.32. The van der Waals surface area contributed by atoms with Crippen LogP contribution in [0.4, 0.5) is 0 Å². The molecule has 1 aliphatic rings. The smallest absolute Gasteiger partial charge is 0.241 e. The van der Waals surface area contributed by atoms with Gasteiger partial charge in [0.15, 0.2) is 11.5 Å². The van der Waals surface area contributed by atoms with Gasteiger partial charge in [-0.15, -0.1) is 0 Å². The normalized spacial score (nSPS) is 15.7. The van der Waals surface area contributed by atoms with Crippen molar-refractivity contribution in [3.05, 3.63) is 48.3 Å². The van der Waals surface area contributed by atoms with Crippen LogP contribution in [0, 0.1) is 0 Å². The number of ether oxygens (including phenoxy) is 2. The van der Waals surface area contributed by atoms with Crippen molar-refractivity contribution in [2.24, 2.45) is 0 Å². The van der Waals surface area contributed by atoms with E-state index in [0.717, 1.165) is 12.0 Å². The fourth-order valence-electron chi connectivity index (χ4n) is 2.33. The third-order valence-corrected chi connectivity index (χ3v) is 5.11. The minimum Gasteiger partial charge on any atom is -0.490 e. The average Bonchev–Trinajstić information content (AvgIpc) is 2.80. The Kier molecular flexibility index (Phi) is 4.49. The fourth-order valence-corrected chi connectivity index (χ4v) is 3.58. The largest absolute Gasteiger partial charge is 0.490 e. The maximum Gasteiger partial charge on any atom is 0.241 e. The van der Waals surface area contributed by atoms with Gasteiger partial charge >= 0.3 is 0 Å². The molecule has 23 heavy (non-hydrogen) atoms. The summed E-state index contributed by atoms with van der Waals surface area (Å²) in [5.74, 6) is 1.03. The molecule has 0 radical (unpaired) electrons. The zero-order valence-electron chi connectivity index (χ0n) is 12.7. The van der Waals surface area contributed by atoms with Gasteiger partial charge in [0.05, 0.1) is 18.1 Å². The average molecular weight is 334 g/mol. The predicted molar refractivity (Wildman–Crippen MR) is 85.0 cm³/mol. The maximum atomic E-state index is 12.6. The molecule has 0 unspecified atom stereocenters. The number of nitrogens with zero attached hydrogens (tertiary/aromatic N) is 1. The molecule has 1 atom stereocenters. The van der Waals surface area contributed by atoms with Crippen molar-refractivity contribution in [2.45, 2.75) is 24.3 Å². The lowest BCUT2D eigenvalue weighted by Gasteiger charge is -2.15. The molecule has 0 bridgehead atoms. The fraction of sp³-hybridized carbons (Fsp3) is 0.312. The quantitative estimate of drug-likeness (QED) is 0.928. The summed E-state index contributed by atoms with van der Waals surface area (Å²) in [5, 5.41) is 0. The summed E-state index contributed by atoms with van der Waals surface area (Å²) in [5.41, 5.74) is 0.845. The van der Waals surface area contributed by atoms with Crippen molar-refractivity contribution in [1.29, 1.82) is 0 Å². The second-order valence-corrected chi connectivity index (χ2v) is 7.00. The summed E-state index contributed by atoms with van der Waals surface area (Å²) in [6.45, 7) is 2.86. The molecule has 1 N–H and O–H groups in total. The van der Waals surface area contributed by atoms with E-state index in [1.807, 2.05) is 0 Å². The van der Waals surface area contributed by atoms with E-state index in [2.05, 4.69) is 9.71 Å². The monoisotopic (exact) mass is 334 g/mol. The van der Waals surface area contributed by atoms with Gasteiger partial charge in [0.1, 0.15) is 0 Å². The van der Waals surface area contributed by atoms with E-state index in [1.165, 1.54) is 12.1 Å². The van der Waals surface area contributed by atoms with E-state index in [4.69, 9.17) is 9.47 Å². The zero-order valence-corrected chi connectivity index (χ0v) is 13.5. The van der Waals surface area contributed by atoms with Crippen LogP contribution in [0.2, 0.25) is 0 Å². The molecule has 1 aromatic carbocycles. The molecule has 0 saturated heterocycles. The molecule has 0 spiro atoms. The number of fused-ring (bicyclic) bond motifs is 1. The van der Waals surface area contributed by atoms with Gasteiger partial charge in [-0.2, -0.15) is 0 Å². The second kappa shape index (κ2) is 6.55. The summed E-state index contributed by atoms with van der Waals surface area (Å²) < 4.78 is 38.9. The van der Waals surface area contributed by atoms with Gasteiger partial charge in [-0.3, -0.25) is 4.98 Å². The van der Waals surface area contributed by atoms with Gasteiger partial charge in [-0.05, 0) is 36.8 Å². The number of pyridine rings is 1. The first-order valence-electron chi connectivity index (χ1n) is 7.38. The highest BCUT2D eigenvalue weighted by atomic mass is 32.2. The van der Waals surface area contributed by atoms with Crippen LogP contribution in [0.3, 0.4) is 0 Å². The first kappa shape index (κ1) is 15.8. The Hall–Kier alpha value is -2.12. The molecule has 1 aliphatic heterocycles. The number of rotatable bonds is 4. The molecule has 1 aromatic heterocycles. The minimum absolute atomic E-state index is 0.155. The van der Waals surface area contributed by atoms with Gasteiger partial charge in [-0.25, -0.2) is 13.1 Å². The molecular weight excluding hydrogens is 316 g/mol. The summed E-state index contributed by atoms with van der Waals surface area (Å²) in [4.78, 5) is 4.09. The summed E-state index contributed by atoms with van der Waals surface area (Å²) in [7, 11) is -3.66. The molecule has 7 heteroatoms. The Labute approximate surface area is 135 Å². The van der Waals surface area contributed by atoms with Crippen LogP contribution in [0.1, 0.15) is 24.9 Å². The Morgan fingerprint density at radius 2 is 1.78 bits per heavy atom. The van der Waals surface area contributed by atoms with Gasteiger partial charge in [-0.1, -0.05) is 0 Å². The third-order valence-electron chi connectivity index (χ3n) is 3.57. The molecule has 2 heterocycles. The van der Waals surface area contributed by atoms with Crippen molar-refractivity contribution in [1.82, 2.24) is 9.71 Å². The number of benzene rings is 1. The van der Waals surface area contributed by atoms with Crippen LogP contribution in [-0.4, -0.2) is 26.6 Å².